The molecule has 2 aromatic heterocycles. The number of anilines is 1. The van der Waals surface area contributed by atoms with Gasteiger partial charge < -0.3 is 14.2 Å². The summed E-state index contributed by atoms with van der Waals surface area (Å²) in [5.74, 6) is 1.76. The number of halogens is 1. The molecule has 8 heteroatoms. The minimum atomic E-state index is -0.428. The van der Waals surface area contributed by atoms with E-state index in [-0.39, 0.29) is 12.2 Å². The molecule has 0 saturated carbocycles. The molecule has 7 nitrogen and oxygen atoms in total. The number of aromatic nitrogens is 4. The Labute approximate surface area is 126 Å². The lowest BCUT2D eigenvalue weighted by atomic mass is 9.92. The molecule has 3 atom stereocenters. The van der Waals surface area contributed by atoms with E-state index in [2.05, 4.69) is 20.1 Å². The van der Waals surface area contributed by atoms with E-state index in [0.29, 0.717) is 30.1 Å². The first-order valence-electron chi connectivity index (χ1n) is 7.37. The average molecular weight is 305 g/mol. The Morgan fingerprint density at radius 1 is 1.32 bits per heavy atom. The van der Waals surface area contributed by atoms with Gasteiger partial charge in [0.15, 0.2) is 5.82 Å². The molecule has 0 aromatic carbocycles. The molecule has 0 bridgehead atoms. The number of ether oxygens (including phenoxy) is 1. The molecule has 0 radical (unpaired) electrons. The molecule has 22 heavy (non-hydrogen) atoms. The predicted octanol–water partition coefficient (Wildman–Crippen LogP) is 1.66. The zero-order valence-electron chi connectivity index (χ0n) is 12.1. The lowest BCUT2D eigenvalue weighted by molar-refractivity contribution is 0.0265. The molecule has 2 aliphatic rings. The fourth-order valence-corrected chi connectivity index (χ4v) is 3.19. The van der Waals surface area contributed by atoms with Crippen LogP contribution < -0.4 is 4.90 Å². The van der Waals surface area contributed by atoms with Crippen LogP contribution in [-0.4, -0.2) is 39.3 Å². The lowest BCUT2D eigenvalue weighted by Crippen LogP contribution is -2.43. The predicted molar refractivity (Wildman–Crippen MR) is 73.6 cm³/mol. The molecule has 0 amide bonds. The first kappa shape index (κ1) is 13.6. The fraction of sp³-hybridized carbons (Fsp3) is 0.571. The maximum absolute atomic E-state index is 12.9. The molecular formula is C14H16FN5O2. The van der Waals surface area contributed by atoms with Crippen LogP contribution in [0.25, 0.3) is 0 Å². The summed E-state index contributed by atoms with van der Waals surface area (Å²) in [5.41, 5.74) is 0. The van der Waals surface area contributed by atoms with Gasteiger partial charge in [-0.3, -0.25) is 0 Å². The first-order chi connectivity index (χ1) is 10.7. The van der Waals surface area contributed by atoms with Crippen LogP contribution in [0.4, 0.5) is 10.3 Å². The van der Waals surface area contributed by atoms with Crippen LogP contribution in [-0.2, 0) is 4.74 Å². The summed E-state index contributed by atoms with van der Waals surface area (Å²) in [5, 5.41) is 3.95. The van der Waals surface area contributed by atoms with Gasteiger partial charge in [-0.15, -0.1) is 0 Å². The van der Waals surface area contributed by atoms with Crippen molar-refractivity contribution in [2.45, 2.75) is 32.0 Å². The highest BCUT2D eigenvalue weighted by Gasteiger charge is 2.41. The third-order valence-electron chi connectivity index (χ3n) is 4.27. The van der Waals surface area contributed by atoms with Crippen molar-refractivity contribution >= 4 is 5.95 Å². The van der Waals surface area contributed by atoms with Gasteiger partial charge in [-0.25, -0.2) is 14.4 Å². The number of hydrogen-bond acceptors (Lipinski definition) is 7. The van der Waals surface area contributed by atoms with Crippen LogP contribution in [0.5, 0.6) is 0 Å². The van der Waals surface area contributed by atoms with E-state index in [1.807, 2.05) is 4.90 Å². The van der Waals surface area contributed by atoms with Gasteiger partial charge in [0.1, 0.15) is 6.10 Å². The summed E-state index contributed by atoms with van der Waals surface area (Å²) in [6.45, 7) is 3.31. The number of nitrogens with zero attached hydrogens (tertiary/aromatic N) is 5. The molecular weight excluding hydrogens is 289 g/mol. The van der Waals surface area contributed by atoms with Gasteiger partial charge in [-0.1, -0.05) is 5.16 Å². The Morgan fingerprint density at radius 3 is 2.86 bits per heavy atom. The largest absolute Gasteiger partial charge is 0.365 e. The zero-order chi connectivity index (χ0) is 15.1. The van der Waals surface area contributed by atoms with Crippen LogP contribution in [0.1, 0.15) is 30.7 Å². The van der Waals surface area contributed by atoms with Crippen LogP contribution in [0, 0.1) is 18.7 Å². The van der Waals surface area contributed by atoms with Crippen LogP contribution in [0.15, 0.2) is 16.9 Å². The van der Waals surface area contributed by atoms with Crippen molar-refractivity contribution in [1.82, 2.24) is 20.1 Å². The van der Waals surface area contributed by atoms with Crippen LogP contribution in [0.3, 0.4) is 0 Å². The highest BCUT2D eigenvalue weighted by atomic mass is 19.1. The van der Waals surface area contributed by atoms with E-state index in [0.717, 1.165) is 19.4 Å². The van der Waals surface area contributed by atoms with Gasteiger partial charge in [-0.2, -0.15) is 4.98 Å². The minimum absolute atomic E-state index is 0.0891. The Balaban J connectivity index is 1.46. The second kappa shape index (κ2) is 5.28. The van der Waals surface area contributed by atoms with Crippen molar-refractivity contribution in [3.63, 3.8) is 0 Å². The van der Waals surface area contributed by atoms with Gasteiger partial charge in [0.05, 0.1) is 18.5 Å². The smallest absolute Gasteiger partial charge is 0.225 e. The molecule has 0 unspecified atom stereocenters. The molecule has 116 valence electrons. The Bertz CT molecular complexity index is 662. The average Bonchev–Trinajstić information content (AvgIpc) is 3.13. The van der Waals surface area contributed by atoms with Gasteiger partial charge in [0, 0.05) is 20.0 Å². The van der Waals surface area contributed by atoms with Gasteiger partial charge in [0.25, 0.3) is 0 Å². The molecule has 0 spiro atoms. The van der Waals surface area contributed by atoms with E-state index in [4.69, 9.17) is 9.26 Å². The maximum Gasteiger partial charge on any atom is 0.225 e. The molecule has 2 aromatic rings. The van der Waals surface area contributed by atoms with Crippen molar-refractivity contribution in [3.05, 3.63) is 29.9 Å². The van der Waals surface area contributed by atoms with Crippen molar-refractivity contribution < 1.29 is 13.7 Å². The summed E-state index contributed by atoms with van der Waals surface area (Å²) >= 11 is 0. The molecule has 2 fully saturated rings. The van der Waals surface area contributed by atoms with Gasteiger partial charge >= 0.3 is 0 Å². The third-order valence-corrected chi connectivity index (χ3v) is 4.27. The minimum Gasteiger partial charge on any atom is -0.365 e. The fourth-order valence-electron chi connectivity index (χ4n) is 3.19. The summed E-state index contributed by atoms with van der Waals surface area (Å²) in [6.07, 6.45) is 4.25. The Morgan fingerprint density at radius 2 is 2.14 bits per heavy atom. The van der Waals surface area contributed by atoms with Crippen molar-refractivity contribution in [2.75, 3.05) is 18.0 Å². The van der Waals surface area contributed by atoms with E-state index in [1.165, 1.54) is 12.4 Å². The van der Waals surface area contributed by atoms with Crippen molar-refractivity contribution in [2.24, 2.45) is 5.92 Å². The maximum atomic E-state index is 12.9. The summed E-state index contributed by atoms with van der Waals surface area (Å²) in [6, 6.07) is 0. The van der Waals surface area contributed by atoms with E-state index in [9.17, 15) is 4.39 Å². The lowest BCUT2D eigenvalue weighted by Gasteiger charge is -2.33. The molecule has 2 saturated heterocycles. The number of rotatable bonds is 2. The highest BCUT2D eigenvalue weighted by molar-refractivity contribution is 5.30. The van der Waals surface area contributed by atoms with E-state index < -0.39 is 5.82 Å². The molecule has 0 aliphatic carbocycles. The summed E-state index contributed by atoms with van der Waals surface area (Å²) < 4.78 is 24.0. The van der Waals surface area contributed by atoms with Gasteiger partial charge in [-0.05, 0) is 18.8 Å². The topological polar surface area (TPSA) is 77.2 Å². The highest BCUT2D eigenvalue weighted by Crippen LogP contribution is 2.40. The molecule has 4 rings (SSSR count). The molecule has 0 N–H and O–H groups in total. The van der Waals surface area contributed by atoms with E-state index >= 15 is 0 Å². The number of aryl methyl sites for hydroxylation is 1. The molecule has 2 aliphatic heterocycles. The number of fused-ring (bicyclic) bond motifs is 1. The Kier molecular flexibility index (Phi) is 3.25. The van der Waals surface area contributed by atoms with Crippen molar-refractivity contribution in [3.8, 4) is 0 Å². The van der Waals surface area contributed by atoms with E-state index in [1.54, 1.807) is 6.92 Å². The number of hydrogen-bond donors (Lipinski definition) is 0. The standard InChI is InChI=1S/C14H16FN5O2/c1-8-18-13(19-22-8)11-4-9-2-3-20(7-12(9)21-11)14-16-5-10(15)6-17-14/h5-6,9,11-12H,2-4,7H2,1H3/t9-,11+,12+/m0/s1. The normalized spacial score (nSPS) is 27.9. The monoisotopic (exact) mass is 305 g/mol. The number of piperidine rings is 1. The SMILES string of the molecule is Cc1nc([C@H]2C[C@@H]3CCN(c4ncc(F)cn4)C[C@H]3O2)no1. The summed E-state index contributed by atoms with van der Waals surface area (Å²) in [7, 11) is 0. The zero-order valence-corrected chi connectivity index (χ0v) is 12.1. The van der Waals surface area contributed by atoms with Crippen molar-refractivity contribution in [1.29, 1.82) is 0 Å². The van der Waals surface area contributed by atoms with Crippen LogP contribution >= 0.6 is 0 Å². The second-order valence-electron chi connectivity index (χ2n) is 5.77. The second-order valence-corrected chi connectivity index (χ2v) is 5.77. The third kappa shape index (κ3) is 2.43. The summed E-state index contributed by atoms with van der Waals surface area (Å²) in [4.78, 5) is 14.4. The first-order valence-corrected chi connectivity index (χ1v) is 7.37. The molecule has 4 heterocycles. The Hall–Kier alpha value is -2.09. The van der Waals surface area contributed by atoms with Crippen LogP contribution in [0.2, 0.25) is 0 Å². The van der Waals surface area contributed by atoms with Gasteiger partial charge in [0.2, 0.25) is 17.7 Å². The quantitative estimate of drug-likeness (QED) is 0.835.